The second-order valence-corrected chi connectivity index (χ2v) is 7.77. The Balaban J connectivity index is 2.41. The molecule has 0 fully saturated rings. The van der Waals surface area contributed by atoms with E-state index in [0.29, 0.717) is 0 Å². The lowest BCUT2D eigenvalue weighted by atomic mass is 10.1. The number of sulfonamides is 1. The van der Waals surface area contributed by atoms with Crippen molar-refractivity contribution in [3.63, 3.8) is 0 Å². The first kappa shape index (κ1) is 20.8. The van der Waals surface area contributed by atoms with Crippen LogP contribution in [-0.4, -0.2) is 37.5 Å². The summed E-state index contributed by atoms with van der Waals surface area (Å²) in [6, 6.07) is 9.65. The molecule has 148 valence electrons. The monoisotopic (exact) mass is 406 g/mol. The van der Waals surface area contributed by atoms with Gasteiger partial charge in [0.15, 0.2) is 0 Å². The number of nitrogens with two attached hydrogens (primary N) is 1. The lowest BCUT2D eigenvalue weighted by Crippen LogP contribution is -2.45. The molecule has 0 aliphatic carbocycles. The highest BCUT2D eigenvalue weighted by atomic mass is 32.2. The first-order valence-electron chi connectivity index (χ1n) is 7.96. The molecule has 0 aromatic heterocycles. The van der Waals surface area contributed by atoms with Gasteiger partial charge in [-0.05, 0) is 25.1 Å². The number of hydrogen-bond donors (Lipinski definition) is 2. The number of nitro benzene ring substituents is 1. The fourth-order valence-corrected chi connectivity index (χ4v) is 3.76. The zero-order chi connectivity index (χ0) is 21.1. The van der Waals surface area contributed by atoms with Crippen LogP contribution in [-0.2, 0) is 14.8 Å². The average Bonchev–Trinajstić information content (AvgIpc) is 2.61. The summed E-state index contributed by atoms with van der Waals surface area (Å²) in [5.74, 6) is -1.51. The number of para-hydroxylation sites is 1. The number of carbonyl (C=O) groups excluding carboxylic acids is 2. The van der Waals surface area contributed by atoms with Crippen molar-refractivity contribution in [2.45, 2.75) is 13.0 Å². The minimum absolute atomic E-state index is 0.0393. The lowest BCUT2D eigenvalue weighted by molar-refractivity contribution is -0.384. The molecule has 2 rings (SSSR count). The Morgan fingerprint density at radius 1 is 1.18 bits per heavy atom. The molecule has 0 saturated carbocycles. The fourth-order valence-electron chi connectivity index (χ4n) is 2.60. The smallest absolute Gasteiger partial charge is 0.271 e. The van der Waals surface area contributed by atoms with Gasteiger partial charge in [-0.3, -0.25) is 24.0 Å². The molecule has 0 spiro atoms. The molecule has 0 aliphatic heterocycles. The number of primary amides is 1. The third-order valence-electron chi connectivity index (χ3n) is 3.83. The zero-order valence-electron chi connectivity index (χ0n) is 15.0. The van der Waals surface area contributed by atoms with E-state index in [9.17, 15) is 28.1 Å². The first-order chi connectivity index (χ1) is 13.0. The second-order valence-electron chi connectivity index (χ2n) is 5.91. The molecule has 0 bridgehead atoms. The van der Waals surface area contributed by atoms with Crippen LogP contribution in [0, 0.1) is 10.1 Å². The maximum Gasteiger partial charge on any atom is 0.271 e. The molecule has 2 aromatic carbocycles. The van der Waals surface area contributed by atoms with Crippen LogP contribution >= 0.6 is 0 Å². The molecule has 0 aliphatic rings. The average molecular weight is 406 g/mol. The van der Waals surface area contributed by atoms with E-state index in [1.54, 1.807) is 12.1 Å². The summed E-state index contributed by atoms with van der Waals surface area (Å²) < 4.78 is 25.3. The molecular weight excluding hydrogens is 388 g/mol. The molecule has 0 unspecified atom stereocenters. The van der Waals surface area contributed by atoms with Crippen LogP contribution in [0.1, 0.15) is 17.3 Å². The summed E-state index contributed by atoms with van der Waals surface area (Å²) in [6.07, 6.45) is 0.882. The van der Waals surface area contributed by atoms with Crippen LogP contribution in [0.4, 0.5) is 17.1 Å². The van der Waals surface area contributed by atoms with Crippen molar-refractivity contribution >= 4 is 38.9 Å². The quantitative estimate of drug-likeness (QED) is 0.525. The van der Waals surface area contributed by atoms with Gasteiger partial charge in [-0.25, -0.2) is 8.42 Å². The van der Waals surface area contributed by atoms with E-state index in [4.69, 9.17) is 5.73 Å². The van der Waals surface area contributed by atoms with E-state index in [2.05, 4.69) is 5.32 Å². The number of benzene rings is 2. The molecule has 2 aromatic rings. The highest BCUT2D eigenvalue weighted by Crippen LogP contribution is 2.26. The Labute approximate surface area is 161 Å². The number of rotatable bonds is 7. The number of anilines is 2. The Morgan fingerprint density at radius 2 is 1.82 bits per heavy atom. The van der Waals surface area contributed by atoms with Crippen molar-refractivity contribution < 1.29 is 22.9 Å². The number of non-ortho nitro benzene ring substituents is 1. The third-order valence-corrected chi connectivity index (χ3v) is 5.08. The Bertz CT molecular complexity index is 1040. The van der Waals surface area contributed by atoms with Crippen molar-refractivity contribution in [3.05, 3.63) is 64.2 Å². The molecule has 0 saturated heterocycles. The molecule has 3 N–H and O–H groups in total. The molecule has 0 heterocycles. The Hall–Kier alpha value is -3.47. The Kier molecular flexibility index (Phi) is 5.99. The Morgan fingerprint density at radius 3 is 2.39 bits per heavy atom. The molecule has 1 atom stereocenters. The van der Waals surface area contributed by atoms with Gasteiger partial charge in [0, 0.05) is 12.1 Å². The molecule has 10 nitrogen and oxygen atoms in total. The summed E-state index contributed by atoms with van der Waals surface area (Å²) in [6.45, 7) is 1.32. The van der Waals surface area contributed by atoms with Gasteiger partial charge in [0.2, 0.25) is 15.9 Å². The largest absolute Gasteiger partial charge is 0.366 e. The summed E-state index contributed by atoms with van der Waals surface area (Å²) in [7, 11) is -3.97. The van der Waals surface area contributed by atoms with Gasteiger partial charge in [-0.2, -0.15) is 0 Å². The van der Waals surface area contributed by atoms with E-state index in [-0.39, 0.29) is 22.6 Å². The molecule has 11 heteroatoms. The normalized spacial score (nSPS) is 12.1. The minimum Gasteiger partial charge on any atom is -0.366 e. The summed E-state index contributed by atoms with van der Waals surface area (Å²) in [4.78, 5) is 34.5. The highest BCUT2D eigenvalue weighted by molar-refractivity contribution is 7.92. The predicted molar refractivity (Wildman–Crippen MR) is 103 cm³/mol. The van der Waals surface area contributed by atoms with Crippen LogP contribution in [0.25, 0.3) is 0 Å². The fraction of sp³-hybridized carbons (Fsp3) is 0.176. The van der Waals surface area contributed by atoms with Crippen molar-refractivity contribution in [3.8, 4) is 0 Å². The predicted octanol–water partition coefficient (Wildman–Crippen LogP) is 1.49. The van der Waals surface area contributed by atoms with Gasteiger partial charge in [0.05, 0.1) is 28.1 Å². The van der Waals surface area contributed by atoms with Crippen molar-refractivity contribution in [2.24, 2.45) is 5.73 Å². The number of nitrogens with zero attached hydrogens (tertiary/aromatic N) is 2. The van der Waals surface area contributed by atoms with Crippen LogP contribution in [0.15, 0.2) is 48.5 Å². The highest BCUT2D eigenvalue weighted by Gasteiger charge is 2.30. The van der Waals surface area contributed by atoms with E-state index in [1.165, 1.54) is 37.3 Å². The van der Waals surface area contributed by atoms with Gasteiger partial charge < -0.3 is 11.1 Å². The number of amides is 2. The van der Waals surface area contributed by atoms with Crippen LogP contribution in [0.5, 0.6) is 0 Å². The maximum absolute atomic E-state index is 12.7. The lowest BCUT2D eigenvalue weighted by Gasteiger charge is -2.28. The van der Waals surface area contributed by atoms with Gasteiger partial charge in [-0.1, -0.05) is 18.2 Å². The van der Waals surface area contributed by atoms with Crippen molar-refractivity contribution in [1.29, 1.82) is 0 Å². The molecule has 2 amide bonds. The summed E-state index contributed by atoms with van der Waals surface area (Å²) >= 11 is 0. The SMILES string of the molecule is C[C@@H](C(=O)Nc1ccccc1C(N)=O)N(c1cccc([N+](=O)[O-])c1)S(C)(=O)=O. The van der Waals surface area contributed by atoms with Crippen LogP contribution < -0.4 is 15.4 Å². The van der Waals surface area contributed by atoms with Crippen molar-refractivity contribution in [2.75, 3.05) is 15.9 Å². The second kappa shape index (κ2) is 8.05. The topological polar surface area (TPSA) is 153 Å². The van der Waals surface area contributed by atoms with Gasteiger partial charge in [0.25, 0.3) is 11.6 Å². The molecular formula is C17H18N4O6S. The maximum atomic E-state index is 12.7. The van der Waals surface area contributed by atoms with Crippen molar-refractivity contribution in [1.82, 2.24) is 0 Å². The van der Waals surface area contributed by atoms with E-state index < -0.39 is 32.8 Å². The molecule has 0 radical (unpaired) electrons. The standard InChI is InChI=1S/C17H18N4O6S/c1-11(17(23)19-15-9-4-3-8-14(15)16(18)22)20(28(2,26)27)12-6-5-7-13(10-12)21(24)25/h3-11H,1-2H3,(H2,18,22)(H,19,23)/t11-/m0/s1. The van der Waals surface area contributed by atoms with Crippen LogP contribution in [0.3, 0.4) is 0 Å². The summed E-state index contributed by atoms with van der Waals surface area (Å²) in [5, 5.41) is 13.5. The number of nitrogens with one attached hydrogen (secondary N) is 1. The van der Waals surface area contributed by atoms with Gasteiger partial charge in [0.1, 0.15) is 6.04 Å². The number of hydrogen-bond acceptors (Lipinski definition) is 6. The van der Waals surface area contributed by atoms with Gasteiger partial charge in [-0.15, -0.1) is 0 Å². The number of carbonyl (C=O) groups is 2. The van der Waals surface area contributed by atoms with E-state index >= 15 is 0 Å². The van der Waals surface area contributed by atoms with E-state index in [0.717, 1.165) is 16.6 Å². The van der Waals surface area contributed by atoms with E-state index in [1.807, 2.05) is 0 Å². The first-order valence-corrected chi connectivity index (χ1v) is 9.80. The number of nitro groups is 1. The third kappa shape index (κ3) is 4.62. The summed E-state index contributed by atoms with van der Waals surface area (Å²) in [5.41, 5.74) is 5.09. The van der Waals surface area contributed by atoms with Crippen LogP contribution in [0.2, 0.25) is 0 Å². The zero-order valence-corrected chi connectivity index (χ0v) is 15.8. The van der Waals surface area contributed by atoms with Gasteiger partial charge >= 0.3 is 0 Å². The minimum atomic E-state index is -3.97. The molecule has 28 heavy (non-hydrogen) atoms.